The molecule has 2 rings (SSSR count). The molecule has 0 spiro atoms. The summed E-state index contributed by atoms with van der Waals surface area (Å²) in [6, 6.07) is 11.5. The van der Waals surface area contributed by atoms with Crippen LogP contribution in [0.15, 0.2) is 30.3 Å². The van der Waals surface area contributed by atoms with Crippen LogP contribution >= 0.6 is 0 Å². The van der Waals surface area contributed by atoms with E-state index in [9.17, 15) is 0 Å². The smallest absolute Gasteiger partial charge is 0.0140 e. The first-order chi connectivity index (χ1) is 8.62. The van der Waals surface area contributed by atoms with Crippen molar-refractivity contribution < 1.29 is 0 Å². The highest BCUT2D eigenvalue weighted by molar-refractivity contribution is 5.14. The van der Waals surface area contributed by atoms with Crippen molar-refractivity contribution in [2.75, 3.05) is 26.7 Å². The van der Waals surface area contributed by atoms with Crippen LogP contribution in [0.5, 0.6) is 0 Å². The Kier molecular flexibility index (Phi) is 4.41. The molecule has 18 heavy (non-hydrogen) atoms. The highest BCUT2D eigenvalue weighted by atomic mass is 15.2. The quantitative estimate of drug-likeness (QED) is 0.878. The molecule has 1 aromatic carbocycles. The van der Waals surface area contributed by atoms with E-state index < -0.39 is 0 Å². The van der Waals surface area contributed by atoms with E-state index in [4.69, 9.17) is 0 Å². The molecule has 100 valence electrons. The standard InChI is InChI=1S/C16H26N2/c1-16(2)13-18(12-10-15(16)17-3)11-9-14-7-5-4-6-8-14/h4-8,15,17H,9-13H2,1-3H3. The summed E-state index contributed by atoms with van der Waals surface area (Å²) in [6.07, 6.45) is 2.43. The molecule has 1 aromatic rings. The van der Waals surface area contributed by atoms with E-state index in [1.807, 2.05) is 0 Å². The van der Waals surface area contributed by atoms with Crippen molar-refractivity contribution in [1.29, 1.82) is 0 Å². The molecule has 2 nitrogen and oxygen atoms in total. The number of rotatable bonds is 4. The zero-order chi connectivity index (χ0) is 13.0. The molecule has 1 unspecified atom stereocenters. The maximum Gasteiger partial charge on any atom is 0.0140 e. The molecule has 1 heterocycles. The van der Waals surface area contributed by atoms with Gasteiger partial charge in [-0.25, -0.2) is 0 Å². The molecule has 1 aliphatic rings. The Balaban J connectivity index is 1.85. The zero-order valence-electron chi connectivity index (χ0n) is 11.9. The first-order valence-electron chi connectivity index (χ1n) is 7.05. The fourth-order valence-corrected chi connectivity index (χ4v) is 3.13. The van der Waals surface area contributed by atoms with Crippen molar-refractivity contribution in [2.24, 2.45) is 5.41 Å². The van der Waals surface area contributed by atoms with Gasteiger partial charge in [-0.05, 0) is 37.4 Å². The van der Waals surface area contributed by atoms with Crippen molar-refractivity contribution in [3.63, 3.8) is 0 Å². The van der Waals surface area contributed by atoms with Crippen LogP contribution in [-0.2, 0) is 6.42 Å². The molecule has 1 aliphatic heterocycles. The lowest BCUT2D eigenvalue weighted by atomic mass is 9.79. The molecule has 2 heteroatoms. The zero-order valence-corrected chi connectivity index (χ0v) is 11.9. The first-order valence-corrected chi connectivity index (χ1v) is 7.05. The van der Waals surface area contributed by atoms with Crippen LogP contribution in [-0.4, -0.2) is 37.6 Å². The Labute approximate surface area is 111 Å². The Morgan fingerprint density at radius 1 is 1.28 bits per heavy atom. The lowest BCUT2D eigenvalue weighted by Gasteiger charge is -2.44. The van der Waals surface area contributed by atoms with Gasteiger partial charge in [-0.15, -0.1) is 0 Å². The largest absolute Gasteiger partial charge is 0.316 e. The molecule has 1 N–H and O–H groups in total. The van der Waals surface area contributed by atoms with Crippen LogP contribution in [0.3, 0.4) is 0 Å². The normalized spacial score (nSPS) is 24.1. The summed E-state index contributed by atoms with van der Waals surface area (Å²) in [4.78, 5) is 2.61. The topological polar surface area (TPSA) is 15.3 Å². The molecule has 0 saturated carbocycles. The van der Waals surface area contributed by atoms with E-state index in [2.05, 4.69) is 61.4 Å². The van der Waals surface area contributed by atoms with Crippen molar-refractivity contribution in [3.8, 4) is 0 Å². The number of nitrogens with zero attached hydrogens (tertiary/aromatic N) is 1. The predicted molar refractivity (Wildman–Crippen MR) is 77.8 cm³/mol. The van der Waals surface area contributed by atoms with E-state index in [1.165, 1.54) is 38.0 Å². The van der Waals surface area contributed by atoms with Crippen LogP contribution in [0.1, 0.15) is 25.8 Å². The van der Waals surface area contributed by atoms with E-state index in [0.29, 0.717) is 11.5 Å². The monoisotopic (exact) mass is 246 g/mol. The fraction of sp³-hybridized carbons (Fsp3) is 0.625. The lowest BCUT2D eigenvalue weighted by molar-refractivity contribution is 0.0825. The number of nitrogens with one attached hydrogen (secondary N) is 1. The molecule has 1 fully saturated rings. The number of piperidine rings is 1. The van der Waals surface area contributed by atoms with Crippen LogP contribution in [0.25, 0.3) is 0 Å². The van der Waals surface area contributed by atoms with Gasteiger partial charge in [0, 0.05) is 19.1 Å². The van der Waals surface area contributed by atoms with Crippen molar-refractivity contribution in [1.82, 2.24) is 10.2 Å². The molecule has 0 radical (unpaired) electrons. The van der Waals surface area contributed by atoms with Crippen molar-refractivity contribution >= 4 is 0 Å². The molecular weight excluding hydrogens is 220 g/mol. The van der Waals surface area contributed by atoms with Crippen LogP contribution in [0, 0.1) is 5.41 Å². The van der Waals surface area contributed by atoms with Crippen molar-refractivity contribution in [3.05, 3.63) is 35.9 Å². The number of benzene rings is 1. The second kappa shape index (κ2) is 5.85. The first kappa shape index (κ1) is 13.6. The Morgan fingerprint density at radius 2 is 2.00 bits per heavy atom. The third kappa shape index (κ3) is 3.33. The number of hydrogen-bond acceptors (Lipinski definition) is 2. The predicted octanol–water partition coefficient (Wildman–Crippen LogP) is 2.55. The minimum atomic E-state index is 0.379. The van der Waals surface area contributed by atoms with Crippen LogP contribution in [0.4, 0.5) is 0 Å². The summed E-state index contributed by atoms with van der Waals surface area (Å²) >= 11 is 0. The van der Waals surface area contributed by atoms with E-state index in [-0.39, 0.29) is 0 Å². The van der Waals surface area contributed by atoms with Gasteiger partial charge in [0.25, 0.3) is 0 Å². The van der Waals surface area contributed by atoms with Gasteiger partial charge in [-0.1, -0.05) is 44.2 Å². The van der Waals surface area contributed by atoms with Gasteiger partial charge in [0.1, 0.15) is 0 Å². The third-order valence-corrected chi connectivity index (χ3v) is 4.22. The average Bonchev–Trinajstić information content (AvgIpc) is 2.37. The lowest BCUT2D eigenvalue weighted by Crippen LogP contribution is -2.53. The highest BCUT2D eigenvalue weighted by Gasteiger charge is 2.34. The second-order valence-electron chi connectivity index (χ2n) is 6.13. The SMILES string of the molecule is CNC1CCN(CCc2ccccc2)CC1(C)C. The minimum Gasteiger partial charge on any atom is -0.316 e. The second-order valence-corrected chi connectivity index (χ2v) is 6.13. The summed E-state index contributed by atoms with van der Waals surface area (Å²) in [7, 11) is 2.09. The maximum absolute atomic E-state index is 3.46. The molecule has 1 saturated heterocycles. The third-order valence-electron chi connectivity index (χ3n) is 4.22. The van der Waals surface area contributed by atoms with E-state index >= 15 is 0 Å². The Hall–Kier alpha value is -0.860. The van der Waals surface area contributed by atoms with Crippen LogP contribution < -0.4 is 5.32 Å². The molecule has 0 bridgehead atoms. The molecule has 0 aromatic heterocycles. The van der Waals surface area contributed by atoms with Gasteiger partial charge in [0.2, 0.25) is 0 Å². The van der Waals surface area contributed by atoms with Crippen molar-refractivity contribution in [2.45, 2.75) is 32.7 Å². The maximum atomic E-state index is 3.46. The van der Waals surface area contributed by atoms with Gasteiger partial charge in [-0.3, -0.25) is 0 Å². The van der Waals surface area contributed by atoms with Gasteiger partial charge < -0.3 is 10.2 Å². The Morgan fingerprint density at radius 3 is 2.61 bits per heavy atom. The summed E-state index contributed by atoms with van der Waals surface area (Å²) in [5.74, 6) is 0. The van der Waals surface area contributed by atoms with Gasteiger partial charge >= 0.3 is 0 Å². The summed E-state index contributed by atoms with van der Waals surface area (Å²) in [5, 5.41) is 3.46. The fourth-order valence-electron chi connectivity index (χ4n) is 3.13. The highest BCUT2D eigenvalue weighted by Crippen LogP contribution is 2.28. The van der Waals surface area contributed by atoms with E-state index in [1.54, 1.807) is 0 Å². The summed E-state index contributed by atoms with van der Waals surface area (Å²) in [5.41, 5.74) is 1.83. The Bertz CT molecular complexity index is 359. The minimum absolute atomic E-state index is 0.379. The molecule has 0 aliphatic carbocycles. The van der Waals surface area contributed by atoms with Gasteiger partial charge in [0.05, 0.1) is 0 Å². The average molecular weight is 246 g/mol. The molecule has 1 atom stereocenters. The molecular formula is C16H26N2. The number of hydrogen-bond donors (Lipinski definition) is 1. The van der Waals surface area contributed by atoms with E-state index in [0.717, 1.165) is 0 Å². The van der Waals surface area contributed by atoms with Gasteiger partial charge in [0.15, 0.2) is 0 Å². The summed E-state index contributed by atoms with van der Waals surface area (Å²) < 4.78 is 0. The van der Waals surface area contributed by atoms with Gasteiger partial charge in [-0.2, -0.15) is 0 Å². The number of likely N-dealkylation sites (tertiary alicyclic amines) is 1. The molecule has 0 amide bonds. The van der Waals surface area contributed by atoms with Crippen LogP contribution in [0.2, 0.25) is 0 Å². The summed E-state index contributed by atoms with van der Waals surface area (Å²) in [6.45, 7) is 8.36.